The van der Waals surface area contributed by atoms with Crippen molar-refractivity contribution in [3.63, 3.8) is 0 Å². The first kappa shape index (κ1) is 25.9. The van der Waals surface area contributed by atoms with Gasteiger partial charge in [-0.15, -0.1) is 0 Å². The summed E-state index contributed by atoms with van der Waals surface area (Å²) in [5.41, 5.74) is -0.187. The lowest BCUT2D eigenvalue weighted by molar-refractivity contribution is -0.209. The van der Waals surface area contributed by atoms with E-state index in [1.807, 2.05) is 0 Å². The molecule has 8 nitrogen and oxygen atoms in total. The first-order valence-corrected chi connectivity index (χ1v) is 13.2. The summed E-state index contributed by atoms with van der Waals surface area (Å²) in [5.74, 6) is 5.86. The molecule has 11 unspecified atom stereocenters. The van der Waals surface area contributed by atoms with E-state index in [0.29, 0.717) is 24.7 Å². The van der Waals surface area contributed by atoms with Gasteiger partial charge in [-0.25, -0.2) is 5.90 Å². The number of carboxylic acid groups (broad SMARTS) is 1. The van der Waals surface area contributed by atoms with Gasteiger partial charge in [-0.3, -0.25) is 9.59 Å². The Balaban J connectivity index is 1.48. The molecule has 0 aliphatic heterocycles. The van der Waals surface area contributed by atoms with Gasteiger partial charge in [0.25, 0.3) is 0 Å². The Hall–Kier alpha value is -1.22. The molecule has 1 amide bonds. The summed E-state index contributed by atoms with van der Waals surface area (Å²) in [7, 11) is 0. The molecule has 34 heavy (non-hydrogen) atoms. The molecule has 0 bridgehead atoms. The predicted octanol–water partition coefficient (Wildman–Crippen LogP) is 2.46. The Morgan fingerprint density at radius 2 is 1.85 bits per heavy atom. The number of nitrogens with two attached hydrogens (primary N) is 1. The molecule has 0 heterocycles. The molecule has 0 saturated heterocycles. The van der Waals surface area contributed by atoms with Gasteiger partial charge in [0.2, 0.25) is 5.91 Å². The van der Waals surface area contributed by atoms with Crippen molar-refractivity contribution in [2.45, 2.75) is 96.9 Å². The van der Waals surface area contributed by atoms with E-state index in [-0.39, 0.29) is 59.2 Å². The van der Waals surface area contributed by atoms with Crippen molar-refractivity contribution >= 4 is 11.9 Å². The first-order chi connectivity index (χ1) is 16.0. The average molecular weight is 481 g/mol. The van der Waals surface area contributed by atoms with Gasteiger partial charge in [0, 0.05) is 6.42 Å². The fraction of sp³-hybridized carbons (Fsp3) is 0.923. The van der Waals surface area contributed by atoms with Crippen LogP contribution in [0.2, 0.25) is 0 Å². The van der Waals surface area contributed by atoms with Crippen molar-refractivity contribution in [3.8, 4) is 0 Å². The van der Waals surface area contributed by atoms with Crippen LogP contribution in [0.15, 0.2) is 0 Å². The zero-order chi connectivity index (χ0) is 24.8. The van der Waals surface area contributed by atoms with Gasteiger partial charge < -0.3 is 25.5 Å². The highest BCUT2D eigenvalue weighted by molar-refractivity contribution is 5.81. The van der Waals surface area contributed by atoms with Crippen molar-refractivity contribution in [2.75, 3.05) is 6.54 Å². The van der Waals surface area contributed by atoms with Crippen LogP contribution in [0.5, 0.6) is 0 Å². The van der Waals surface area contributed by atoms with Gasteiger partial charge in [0.1, 0.15) is 6.54 Å². The lowest BCUT2D eigenvalue weighted by Gasteiger charge is -2.63. The lowest BCUT2D eigenvalue weighted by Crippen LogP contribution is -2.62. The monoisotopic (exact) mass is 480 g/mol. The number of carboxylic acids is 1. The van der Waals surface area contributed by atoms with E-state index in [2.05, 4.69) is 26.1 Å². The van der Waals surface area contributed by atoms with E-state index in [0.717, 1.165) is 44.9 Å². The molecule has 194 valence electrons. The molecule has 0 spiro atoms. The van der Waals surface area contributed by atoms with E-state index in [1.54, 1.807) is 0 Å². The highest BCUT2D eigenvalue weighted by Crippen LogP contribution is 2.68. The SMILES string of the molecule is CC(CCC(=O)NCC(=O)O)C1CCC2C3C(O)CC4CC(ON)CCC4(C)C3CC(O)C12C. The van der Waals surface area contributed by atoms with Crippen LogP contribution >= 0.6 is 0 Å². The molecule has 4 rings (SSSR count). The highest BCUT2D eigenvalue weighted by atomic mass is 16.6. The van der Waals surface area contributed by atoms with Crippen LogP contribution < -0.4 is 11.2 Å². The van der Waals surface area contributed by atoms with Crippen molar-refractivity contribution in [1.29, 1.82) is 0 Å². The number of amides is 1. The summed E-state index contributed by atoms with van der Waals surface area (Å²) in [6.45, 7) is 6.39. The first-order valence-electron chi connectivity index (χ1n) is 13.2. The number of aliphatic carboxylic acids is 1. The van der Waals surface area contributed by atoms with Crippen molar-refractivity contribution in [1.82, 2.24) is 5.32 Å². The zero-order valence-electron chi connectivity index (χ0n) is 20.9. The van der Waals surface area contributed by atoms with Crippen molar-refractivity contribution in [3.05, 3.63) is 0 Å². The predicted molar refractivity (Wildman–Crippen MR) is 126 cm³/mol. The van der Waals surface area contributed by atoms with Gasteiger partial charge in [0.15, 0.2) is 0 Å². The fourth-order valence-corrected chi connectivity index (χ4v) is 9.06. The lowest BCUT2D eigenvalue weighted by atomic mass is 9.43. The summed E-state index contributed by atoms with van der Waals surface area (Å²) < 4.78 is 0. The van der Waals surface area contributed by atoms with Crippen molar-refractivity contribution < 1.29 is 29.7 Å². The molecule has 8 heteroatoms. The number of aliphatic hydroxyl groups excluding tert-OH is 2. The number of hydrogen-bond donors (Lipinski definition) is 5. The highest BCUT2D eigenvalue weighted by Gasteiger charge is 2.65. The van der Waals surface area contributed by atoms with Crippen LogP contribution in [0.25, 0.3) is 0 Å². The molecule has 0 aromatic carbocycles. The largest absolute Gasteiger partial charge is 0.480 e. The molecule has 6 N–H and O–H groups in total. The Morgan fingerprint density at radius 3 is 2.53 bits per heavy atom. The van der Waals surface area contributed by atoms with Crippen LogP contribution in [0, 0.1) is 46.3 Å². The third-order valence-corrected chi connectivity index (χ3v) is 11.0. The van der Waals surface area contributed by atoms with E-state index in [9.17, 15) is 19.8 Å². The third-order valence-electron chi connectivity index (χ3n) is 11.0. The minimum Gasteiger partial charge on any atom is -0.480 e. The summed E-state index contributed by atoms with van der Waals surface area (Å²) in [6, 6.07) is 0. The molecule has 4 aliphatic rings. The summed E-state index contributed by atoms with van der Waals surface area (Å²) in [4.78, 5) is 27.9. The number of carbonyl (C=O) groups excluding carboxylic acids is 1. The Kier molecular flexibility index (Phi) is 7.36. The molecule has 11 atom stereocenters. The molecule has 4 fully saturated rings. The second kappa shape index (κ2) is 9.68. The summed E-state index contributed by atoms with van der Waals surface area (Å²) in [6.07, 6.45) is 6.56. The van der Waals surface area contributed by atoms with Crippen LogP contribution in [0.1, 0.15) is 78.6 Å². The molecule has 0 aromatic rings. The molecular weight excluding hydrogens is 436 g/mol. The van der Waals surface area contributed by atoms with Gasteiger partial charge in [-0.1, -0.05) is 20.8 Å². The van der Waals surface area contributed by atoms with Gasteiger partial charge in [-0.05, 0) is 97.7 Å². The van der Waals surface area contributed by atoms with Gasteiger partial charge in [0.05, 0.1) is 18.3 Å². The Bertz CT molecular complexity index is 778. The van der Waals surface area contributed by atoms with Crippen molar-refractivity contribution in [2.24, 2.45) is 52.2 Å². The number of aliphatic hydroxyl groups is 2. The normalized spacial score (nSPS) is 46.6. The maximum absolute atomic E-state index is 12.1. The maximum Gasteiger partial charge on any atom is 0.322 e. The van der Waals surface area contributed by atoms with Gasteiger partial charge in [-0.2, -0.15) is 0 Å². The molecular formula is C26H44N2O6. The van der Waals surface area contributed by atoms with Gasteiger partial charge >= 0.3 is 5.97 Å². The number of hydrogen-bond acceptors (Lipinski definition) is 6. The van der Waals surface area contributed by atoms with Crippen LogP contribution in [-0.4, -0.2) is 52.1 Å². The maximum atomic E-state index is 12.1. The quantitative estimate of drug-likeness (QED) is 0.352. The number of nitrogens with one attached hydrogen (secondary N) is 1. The number of rotatable bonds is 7. The molecule has 0 radical (unpaired) electrons. The Labute approximate surface area is 203 Å². The van der Waals surface area contributed by atoms with E-state index >= 15 is 0 Å². The van der Waals surface area contributed by atoms with Crippen LogP contribution in [-0.2, 0) is 14.4 Å². The molecule has 0 aromatic heterocycles. The number of carbonyl (C=O) groups is 2. The Morgan fingerprint density at radius 1 is 1.12 bits per heavy atom. The van der Waals surface area contributed by atoms with E-state index < -0.39 is 12.1 Å². The van der Waals surface area contributed by atoms with E-state index in [4.69, 9.17) is 15.8 Å². The molecule has 4 aliphatic carbocycles. The van der Waals surface area contributed by atoms with Crippen LogP contribution in [0.3, 0.4) is 0 Å². The second-order valence-electron chi connectivity index (χ2n) is 12.3. The second-order valence-corrected chi connectivity index (χ2v) is 12.3. The topological polar surface area (TPSA) is 142 Å². The fourth-order valence-electron chi connectivity index (χ4n) is 9.06. The summed E-state index contributed by atoms with van der Waals surface area (Å²) in [5, 5.41) is 34.3. The minimum absolute atomic E-state index is 0.0602. The molecule has 4 saturated carbocycles. The standard InChI is InChI=1S/C26H44N2O6/c1-14(4-7-22(31)28-13-23(32)33)17-5-6-18-24-19(12-21(30)26(17,18)3)25(2)9-8-16(34-27)10-15(25)11-20(24)29/h14-21,24,29-30H,4-13,27H2,1-3H3,(H,28,31)(H,32,33). The average Bonchev–Trinajstić information content (AvgIpc) is 3.15. The zero-order valence-corrected chi connectivity index (χ0v) is 20.9. The summed E-state index contributed by atoms with van der Waals surface area (Å²) >= 11 is 0. The van der Waals surface area contributed by atoms with Crippen LogP contribution in [0.4, 0.5) is 0 Å². The third kappa shape index (κ3) is 4.29. The smallest absolute Gasteiger partial charge is 0.322 e. The van der Waals surface area contributed by atoms with E-state index in [1.165, 1.54) is 0 Å². The number of fused-ring (bicyclic) bond motifs is 5. The minimum atomic E-state index is -1.04.